The van der Waals surface area contributed by atoms with Crippen molar-refractivity contribution in [1.82, 2.24) is 5.32 Å². The third-order valence-corrected chi connectivity index (χ3v) is 5.56. The van der Waals surface area contributed by atoms with E-state index in [0.29, 0.717) is 11.7 Å². The monoisotopic (exact) mass is 385 g/mol. The van der Waals surface area contributed by atoms with Crippen molar-refractivity contribution in [3.63, 3.8) is 0 Å². The zero-order valence-electron chi connectivity index (χ0n) is 16.5. The number of carbonyl (C=O) groups is 1. The van der Waals surface area contributed by atoms with Crippen LogP contribution in [0.5, 0.6) is 11.5 Å². The number of rotatable bonds is 5. The third kappa shape index (κ3) is 4.59. The molecule has 0 saturated heterocycles. The minimum atomic E-state index is -0.372. The molecule has 1 heterocycles. The zero-order chi connectivity index (χ0) is 19.6. The third-order valence-electron chi connectivity index (χ3n) is 4.48. The van der Waals surface area contributed by atoms with Gasteiger partial charge in [0.1, 0.15) is 17.1 Å². The molecule has 0 radical (unpaired) electrons. The number of benzene rings is 2. The van der Waals surface area contributed by atoms with Crippen LogP contribution in [0, 0.1) is 0 Å². The molecular weight excluding hydrogens is 358 g/mol. The Labute approximate surface area is 165 Å². The van der Waals surface area contributed by atoms with Gasteiger partial charge >= 0.3 is 0 Å². The summed E-state index contributed by atoms with van der Waals surface area (Å²) >= 11 is 1.70. The van der Waals surface area contributed by atoms with E-state index in [1.807, 2.05) is 56.3 Å². The van der Waals surface area contributed by atoms with Gasteiger partial charge in [-0.2, -0.15) is 0 Å². The van der Waals surface area contributed by atoms with Crippen LogP contribution in [0.25, 0.3) is 0 Å². The molecule has 0 aliphatic carbocycles. The Balaban J connectivity index is 1.89. The van der Waals surface area contributed by atoms with Crippen molar-refractivity contribution in [2.24, 2.45) is 0 Å². The predicted octanol–water partition coefficient (Wildman–Crippen LogP) is 5.23. The Hall–Kier alpha value is -2.14. The maximum atomic E-state index is 13.1. The fourth-order valence-corrected chi connectivity index (χ4v) is 4.29. The molecule has 0 bridgehead atoms. The fourth-order valence-electron chi connectivity index (χ4n) is 3.33. The predicted molar refractivity (Wildman–Crippen MR) is 110 cm³/mol. The number of hydrogen-bond acceptors (Lipinski definition) is 4. The van der Waals surface area contributed by atoms with Crippen molar-refractivity contribution in [2.75, 3.05) is 7.11 Å². The molecular formula is C22H27NO3S. The van der Waals surface area contributed by atoms with Crippen molar-refractivity contribution >= 4 is 17.7 Å². The van der Waals surface area contributed by atoms with Gasteiger partial charge in [0.15, 0.2) is 0 Å². The minimum absolute atomic E-state index is 0.0526. The minimum Gasteiger partial charge on any atom is -0.497 e. The SMILES string of the molecule is COc1ccc2c(c1)OC(C)(C)CC2NC(=O)c1ccccc1SC(C)C. The zero-order valence-corrected chi connectivity index (χ0v) is 17.4. The molecule has 0 saturated carbocycles. The summed E-state index contributed by atoms with van der Waals surface area (Å²) in [5.74, 6) is 1.46. The molecule has 1 amide bonds. The van der Waals surface area contributed by atoms with Gasteiger partial charge in [-0.3, -0.25) is 4.79 Å². The summed E-state index contributed by atoms with van der Waals surface area (Å²) in [6.45, 7) is 8.34. The second-order valence-electron chi connectivity index (χ2n) is 7.66. The van der Waals surface area contributed by atoms with E-state index in [2.05, 4.69) is 19.2 Å². The lowest BCUT2D eigenvalue weighted by Gasteiger charge is -2.38. The van der Waals surface area contributed by atoms with Crippen LogP contribution in [0.4, 0.5) is 0 Å². The maximum Gasteiger partial charge on any atom is 0.252 e. The van der Waals surface area contributed by atoms with Crippen molar-refractivity contribution < 1.29 is 14.3 Å². The highest BCUT2D eigenvalue weighted by molar-refractivity contribution is 8.00. The van der Waals surface area contributed by atoms with E-state index in [1.54, 1.807) is 18.9 Å². The van der Waals surface area contributed by atoms with Crippen molar-refractivity contribution in [1.29, 1.82) is 0 Å². The lowest BCUT2D eigenvalue weighted by atomic mass is 9.89. The van der Waals surface area contributed by atoms with E-state index in [9.17, 15) is 4.79 Å². The number of hydrogen-bond donors (Lipinski definition) is 1. The van der Waals surface area contributed by atoms with E-state index in [1.165, 1.54) is 0 Å². The summed E-state index contributed by atoms with van der Waals surface area (Å²) in [4.78, 5) is 14.1. The summed E-state index contributed by atoms with van der Waals surface area (Å²) in [5.41, 5.74) is 1.33. The molecule has 0 spiro atoms. The van der Waals surface area contributed by atoms with E-state index in [-0.39, 0.29) is 17.6 Å². The first-order valence-corrected chi connectivity index (χ1v) is 10.1. The Morgan fingerprint density at radius 3 is 2.70 bits per heavy atom. The van der Waals surface area contributed by atoms with E-state index >= 15 is 0 Å². The van der Waals surface area contributed by atoms with Gasteiger partial charge in [0.05, 0.1) is 18.7 Å². The Morgan fingerprint density at radius 2 is 2.00 bits per heavy atom. The molecule has 144 valence electrons. The van der Waals surface area contributed by atoms with Gasteiger partial charge in [-0.25, -0.2) is 0 Å². The molecule has 0 fully saturated rings. The number of amides is 1. The lowest BCUT2D eigenvalue weighted by Crippen LogP contribution is -2.41. The van der Waals surface area contributed by atoms with Crippen molar-refractivity contribution in [2.45, 2.75) is 55.9 Å². The Bertz CT molecular complexity index is 832. The molecule has 5 heteroatoms. The first kappa shape index (κ1) is 19.6. The molecule has 1 aliphatic heterocycles. The first-order valence-electron chi connectivity index (χ1n) is 9.22. The number of methoxy groups -OCH3 is 1. The first-order chi connectivity index (χ1) is 12.8. The van der Waals surface area contributed by atoms with E-state index in [0.717, 1.165) is 27.5 Å². The summed E-state index contributed by atoms with van der Waals surface area (Å²) in [7, 11) is 1.64. The molecule has 4 nitrogen and oxygen atoms in total. The molecule has 2 aromatic rings. The molecule has 1 aliphatic rings. The molecule has 1 N–H and O–H groups in total. The Kier molecular flexibility index (Phi) is 5.70. The largest absolute Gasteiger partial charge is 0.497 e. The van der Waals surface area contributed by atoms with E-state index < -0.39 is 0 Å². The van der Waals surface area contributed by atoms with Gasteiger partial charge in [-0.05, 0) is 38.1 Å². The van der Waals surface area contributed by atoms with E-state index in [4.69, 9.17) is 9.47 Å². The van der Waals surface area contributed by atoms with Crippen LogP contribution in [0.1, 0.15) is 56.1 Å². The second-order valence-corrected chi connectivity index (χ2v) is 9.28. The summed E-state index contributed by atoms with van der Waals surface area (Å²) < 4.78 is 11.4. The Morgan fingerprint density at radius 1 is 1.26 bits per heavy atom. The van der Waals surface area contributed by atoms with Crippen molar-refractivity contribution in [3.8, 4) is 11.5 Å². The highest BCUT2D eigenvalue weighted by Gasteiger charge is 2.35. The summed E-state index contributed by atoms with van der Waals surface area (Å²) in [6.07, 6.45) is 0.706. The van der Waals surface area contributed by atoms with Crippen LogP contribution in [0.2, 0.25) is 0 Å². The standard InChI is InChI=1S/C22H27NO3S/c1-14(2)27-20-9-7-6-8-17(20)21(24)23-18-13-22(3,4)26-19-12-15(25-5)10-11-16(18)19/h6-12,14,18H,13H2,1-5H3,(H,23,24). The normalized spacial score (nSPS) is 17.8. The molecule has 1 unspecified atom stereocenters. The topological polar surface area (TPSA) is 47.6 Å². The maximum absolute atomic E-state index is 13.1. The number of nitrogens with one attached hydrogen (secondary N) is 1. The summed E-state index contributed by atoms with van der Waals surface area (Å²) in [5, 5.41) is 3.64. The number of fused-ring (bicyclic) bond motifs is 1. The molecule has 3 rings (SSSR count). The average molecular weight is 386 g/mol. The summed E-state index contributed by atoms with van der Waals surface area (Å²) in [6, 6.07) is 13.4. The van der Waals surface area contributed by atoms with Gasteiger partial charge in [-0.1, -0.05) is 26.0 Å². The van der Waals surface area contributed by atoms with Gasteiger partial charge in [0.25, 0.3) is 5.91 Å². The molecule has 1 atom stereocenters. The van der Waals surface area contributed by atoms with Crippen LogP contribution >= 0.6 is 11.8 Å². The number of ether oxygens (including phenoxy) is 2. The second kappa shape index (κ2) is 7.85. The molecule has 27 heavy (non-hydrogen) atoms. The quantitative estimate of drug-likeness (QED) is 0.716. The van der Waals surface area contributed by atoms with Crippen LogP contribution in [0.15, 0.2) is 47.4 Å². The average Bonchev–Trinajstić information content (AvgIpc) is 2.60. The van der Waals surface area contributed by atoms with Crippen LogP contribution in [0.3, 0.4) is 0 Å². The van der Waals surface area contributed by atoms with Crippen molar-refractivity contribution in [3.05, 3.63) is 53.6 Å². The smallest absolute Gasteiger partial charge is 0.252 e. The molecule has 0 aromatic heterocycles. The highest BCUT2D eigenvalue weighted by Crippen LogP contribution is 2.41. The fraction of sp³-hybridized carbons (Fsp3) is 0.409. The van der Waals surface area contributed by atoms with Gasteiger partial charge in [0.2, 0.25) is 0 Å². The highest BCUT2D eigenvalue weighted by atomic mass is 32.2. The van der Waals surface area contributed by atoms with Gasteiger partial charge in [-0.15, -0.1) is 11.8 Å². The van der Waals surface area contributed by atoms with Crippen LogP contribution in [-0.4, -0.2) is 23.9 Å². The van der Waals surface area contributed by atoms with Crippen LogP contribution in [-0.2, 0) is 0 Å². The van der Waals surface area contributed by atoms with Gasteiger partial charge in [0, 0.05) is 28.2 Å². The van der Waals surface area contributed by atoms with Gasteiger partial charge < -0.3 is 14.8 Å². The lowest BCUT2D eigenvalue weighted by molar-refractivity contribution is 0.0616. The number of carbonyl (C=O) groups excluding carboxylic acids is 1. The van der Waals surface area contributed by atoms with Crippen LogP contribution < -0.4 is 14.8 Å². The number of thioether (sulfide) groups is 1. The molecule has 2 aromatic carbocycles.